The number of ketones is 1. The number of Topliss-reactive ketones (excluding diaryl/α,β-unsaturated/α-hetero) is 1. The SMILES string of the molecule is COc1ccc(C)cc1C(=O)CCC(=O)Nc1cc(C)nn1-c1ccccc1. The van der Waals surface area contributed by atoms with E-state index in [9.17, 15) is 9.59 Å². The number of rotatable bonds is 7. The number of amides is 1. The van der Waals surface area contributed by atoms with Crippen LogP contribution in [-0.2, 0) is 4.79 Å². The number of carbonyl (C=O) groups is 2. The molecule has 144 valence electrons. The summed E-state index contributed by atoms with van der Waals surface area (Å²) in [6.45, 7) is 3.78. The van der Waals surface area contributed by atoms with Gasteiger partial charge in [-0.15, -0.1) is 0 Å². The number of carbonyl (C=O) groups excluding carboxylic acids is 2. The number of nitrogens with zero attached hydrogens (tertiary/aromatic N) is 2. The van der Waals surface area contributed by atoms with Gasteiger partial charge < -0.3 is 10.1 Å². The van der Waals surface area contributed by atoms with Crippen LogP contribution in [0.5, 0.6) is 5.75 Å². The van der Waals surface area contributed by atoms with Gasteiger partial charge in [0.25, 0.3) is 0 Å². The van der Waals surface area contributed by atoms with Gasteiger partial charge in [-0.2, -0.15) is 5.10 Å². The average Bonchev–Trinajstić information content (AvgIpc) is 3.06. The Kier molecular flexibility index (Phi) is 5.89. The van der Waals surface area contributed by atoms with Crippen LogP contribution in [0.2, 0.25) is 0 Å². The van der Waals surface area contributed by atoms with E-state index >= 15 is 0 Å². The summed E-state index contributed by atoms with van der Waals surface area (Å²) < 4.78 is 6.94. The highest BCUT2D eigenvalue weighted by atomic mass is 16.5. The lowest BCUT2D eigenvalue weighted by Crippen LogP contribution is -2.16. The zero-order chi connectivity index (χ0) is 20.1. The van der Waals surface area contributed by atoms with Crippen molar-refractivity contribution < 1.29 is 14.3 Å². The fraction of sp³-hybridized carbons (Fsp3) is 0.227. The van der Waals surface area contributed by atoms with Crippen molar-refractivity contribution in [3.63, 3.8) is 0 Å². The van der Waals surface area contributed by atoms with Gasteiger partial charge in [0, 0.05) is 18.9 Å². The van der Waals surface area contributed by atoms with Gasteiger partial charge >= 0.3 is 0 Å². The molecule has 0 spiro atoms. The monoisotopic (exact) mass is 377 g/mol. The zero-order valence-corrected chi connectivity index (χ0v) is 16.2. The van der Waals surface area contributed by atoms with E-state index in [1.54, 1.807) is 22.9 Å². The van der Waals surface area contributed by atoms with Gasteiger partial charge in [0.1, 0.15) is 11.6 Å². The minimum atomic E-state index is -0.239. The maximum absolute atomic E-state index is 12.5. The summed E-state index contributed by atoms with van der Waals surface area (Å²) in [5.74, 6) is 0.739. The Hall–Kier alpha value is -3.41. The molecule has 6 nitrogen and oxygen atoms in total. The van der Waals surface area contributed by atoms with Crippen molar-refractivity contribution in [2.24, 2.45) is 0 Å². The van der Waals surface area contributed by atoms with Crippen LogP contribution in [0, 0.1) is 13.8 Å². The molecule has 0 unspecified atom stereocenters. The third-order valence-electron chi connectivity index (χ3n) is 4.33. The van der Waals surface area contributed by atoms with E-state index in [2.05, 4.69) is 10.4 Å². The molecule has 0 radical (unpaired) electrons. The predicted octanol–water partition coefficient (Wildman–Crippen LogP) is 4.10. The molecule has 28 heavy (non-hydrogen) atoms. The maximum Gasteiger partial charge on any atom is 0.225 e. The van der Waals surface area contributed by atoms with Gasteiger partial charge in [0.05, 0.1) is 24.1 Å². The van der Waals surface area contributed by atoms with Gasteiger partial charge in [-0.25, -0.2) is 4.68 Å². The molecule has 0 atom stereocenters. The molecular formula is C22H23N3O3. The van der Waals surface area contributed by atoms with Crippen LogP contribution >= 0.6 is 0 Å². The van der Waals surface area contributed by atoms with E-state index in [0.29, 0.717) is 17.1 Å². The van der Waals surface area contributed by atoms with Gasteiger partial charge in [-0.05, 0) is 38.1 Å². The quantitative estimate of drug-likeness (QED) is 0.629. The summed E-state index contributed by atoms with van der Waals surface area (Å²) in [7, 11) is 1.53. The van der Waals surface area contributed by atoms with Gasteiger partial charge in [0.15, 0.2) is 5.78 Å². The number of ether oxygens (including phenoxy) is 1. The van der Waals surface area contributed by atoms with Crippen LogP contribution in [0.4, 0.5) is 5.82 Å². The molecule has 0 aliphatic carbocycles. The highest BCUT2D eigenvalue weighted by Crippen LogP contribution is 2.22. The lowest BCUT2D eigenvalue weighted by Gasteiger charge is -2.10. The third-order valence-corrected chi connectivity index (χ3v) is 4.33. The topological polar surface area (TPSA) is 73.2 Å². The summed E-state index contributed by atoms with van der Waals surface area (Å²) in [6, 6.07) is 16.8. The van der Waals surface area contributed by atoms with Gasteiger partial charge in [0.2, 0.25) is 5.91 Å². The Labute approximate surface area is 164 Å². The van der Waals surface area contributed by atoms with E-state index in [0.717, 1.165) is 16.9 Å². The number of methoxy groups -OCH3 is 1. The standard InChI is InChI=1S/C22H23N3O3/c1-15-9-11-20(28-3)18(13-15)19(26)10-12-22(27)23-21-14-16(2)24-25(21)17-7-5-4-6-8-17/h4-9,11,13-14H,10,12H2,1-3H3,(H,23,27). The Morgan fingerprint density at radius 1 is 1.04 bits per heavy atom. The third kappa shape index (κ3) is 4.46. The fourth-order valence-electron chi connectivity index (χ4n) is 2.96. The summed E-state index contributed by atoms with van der Waals surface area (Å²) >= 11 is 0. The second-order valence-corrected chi connectivity index (χ2v) is 6.59. The van der Waals surface area contributed by atoms with Crippen LogP contribution in [0.15, 0.2) is 54.6 Å². The molecule has 3 aromatic rings. The molecule has 0 fully saturated rings. The molecule has 1 heterocycles. The highest BCUT2D eigenvalue weighted by Gasteiger charge is 2.16. The lowest BCUT2D eigenvalue weighted by molar-refractivity contribution is -0.116. The number of benzene rings is 2. The predicted molar refractivity (Wildman–Crippen MR) is 108 cm³/mol. The summed E-state index contributed by atoms with van der Waals surface area (Å²) in [6.07, 6.45) is 0.180. The largest absolute Gasteiger partial charge is 0.496 e. The number of anilines is 1. The van der Waals surface area contributed by atoms with Crippen molar-refractivity contribution in [1.82, 2.24) is 9.78 Å². The average molecular weight is 377 g/mol. The molecule has 0 saturated heterocycles. The first-order chi connectivity index (χ1) is 13.5. The van der Waals surface area contributed by atoms with E-state index in [1.165, 1.54) is 7.11 Å². The number of hydrogen-bond donors (Lipinski definition) is 1. The summed E-state index contributed by atoms with van der Waals surface area (Å²) in [4.78, 5) is 25.0. The first-order valence-corrected chi connectivity index (χ1v) is 9.07. The normalized spacial score (nSPS) is 10.5. The van der Waals surface area contributed by atoms with Crippen molar-refractivity contribution in [3.05, 3.63) is 71.4 Å². The molecule has 1 amide bonds. The Bertz CT molecular complexity index is 994. The number of para-hydroxylation sites is 1. The number of nitrogens with one attached hydrogen (secondary N) is 1. The number of aromatic nitrogens is 2. The Balaban J connectivity index is 1.67. The smallest absolute Gasteiger partial charge is 0.225 e. The van der Waals surface area contributed by atoms with Gasteiger partial charge in [-0.3, -0.25) is 9.59 Å². The van der Waals surface area contributed by atoms with E-state index in [-0.39, 0.29) is 24.5 Å². The highest BCUT2D eigenvalue weighted by molar-refractivity contribution is 6.01. The minimum Gasteiger partial charge on any atom is -0.496 e. The van der Waals surface area contributed by atoms with E-state index < -0.39 is 0 Å². The summed E-state index contributed by atoms with van der Waals surface area (Å²) in [5.41, 5.74) is 3.11. The second kappa shape index (κ2) is 8.52. The maximum atomic E-state index is 12.5. The molecule has 2 aromatic carbocycles. The van der Waals surface area contributed by atoms with Crippen LogP contribution in [-0.4, -0.2) is 28.6 Å². The van der Waals surface area contributed by atoms with Crippen LogP contribution < -0.4 is 10.1 Å². The molecule has 1 N–H and O–H groups in total. The molecule has 0 bridgehead atoms. The molecule has 0 aliphatic rings. The first kappa shape index (κ1) is 19.4. The Morgan fingerprint density at radius 2 is 1.79 bits per heavy atom. The lowest BCUT2D eigenvalue weighted by atomic mass is 10.0. The fourth-order valence-corrected chi connectivity index (χ4v) is 2.96. The molecule has 0 saturated carbocycles. The molecule has 6 heteroatoms. The number of hydrogen-bond acceptors (Lipinski definition) is 4. The zero-order valence-electron chi connectivity index (χ0n) is 16.2. The Morgan fingerprint density at radius 3 is 2.50 bits per heavy atom. The summed E-state index contributed by atoms with van der Waals surface area (Å²) in [5, 5.41) is 7.28. The van der Waals surface area contributed by atoms with Gasteiger partial charge in [-0.1, -0.05) is 29.8 Å². The molecule has 1 aromatic heterocycles. The van der Waals surface area contributed by atoms with Crippen molar-refractivity contribution >= 4 is 17.5 Å². The molecule has 0 aliphatic heterocycles. The van der Waals surface area contributed by atoms with Crippen molar-refractivity contribution in [2.45, 2.75) is 26.7 Å². The number of aryl methyl sites for hydroxylation is 2. The van der Waals surface area contributed by atoms with Crippen LogP contribution in [0.3, 0.4) is 0 Å². The van der Waals surface area contributed by atoms with Crippen molar-refractivity contribution in [1.29, 1.82) is 0 Å². The molecular weight excluding hydrogens is 354 g/mol. The first-order valence-electron chi connectivity index (χ1n) is 9.07. The minimum absolute atomic E-state index is 0.0783. The molecule has 3 rings (SSSR count). The van der Waals surface area contributed by atoms with Crippen molar-refractivity contribution in [2.75, 3.05) is 12.4 Å². The van der Waals surface area contributed by atoms with Crippen molar-refractivity contribution in [3.8, 4) is 11.4 Å². The van der Waals surface area contributed by atoms with E-state index in [1.807, 2.05) is 50.2 Å². The van der Waals surface area contributed by atoms with E-state index in [4.69, 9.17) is 4.74 Å². The van der Waals surface area contributed by atoms with Crippen LogP contribution in [0.25, 0.3) is 5.69 Å². The second-order valence-electron chi connectivity index (χ2n) is 6.59. The van der Waals surface area contributed by atoms with Crippen LogP contribution in [0.1, 0.15) is 34.5 Å².